The van der Waals surface area contributed by atoms with Gasteiger partial charge < -0.3 is 5.32 Å². The van der Waals surface area contributed by atoms with Crippen LogP contribution < -0.4 is 5.32 Å². The van der Waals surface area contributed by atoms with Crippen LogP contribution in [0.4, 0.5) is 11.5 Å². The Balaban J connectivity index is 3.04. The minimum atomic E-state index is -0.405. The highest BCUT2D eigenvalue weighted by Gasteiger charge is 2.11. The third-order valence-corrected chi connectivity index (χ3v) is 1.63. The fourth-order valence-corrected chi connectivity index (χ4v) is 0.988. The maximum Gasteiger partial charge on any atom is 0.277 e. The molecule has 0 saturated carbocycles. The first-order valence-corrected chi connectivity index (χ1v) is 4.00. The summed E-state index contributed by atoms with van der Waals surface area (Å²) in [5, 5.41) is 13.4. The van der Waals surface area contributed by atoms with Crippen LogP contribution in [0.1, 0.15) is 12.5 Å². The lowest BCUT2D eigenvalue weighted by atomic mass is 10.2. The van der Waals surface area contributed by atoms with E-state index in [1.165, 1.54) is 12.3 Å². The molecule has 1 aromatic heterocycles. The molecule has 5 nitrogen and oxygen atoms in total. The standard InChI is InChI=1S/C8H11N3O2/c1-3-9-8-4-7(11(12)13)6(2)5-10-8/h4-5H,3H2,1-2H3,(H,9,10). The van der Waals surface area contributed by atoms with Gasteiger partial charge in [0, 0.05) is 18.3 Å². The lowest BCUT2D eigenvalue weighted by Gasteiger charge is -2.02. The molecule has 0 aromatic carbocycles. The Morgan fingerprint density at radius 2 is 2.38 bits per heavy atom. The lowest BCUT2D eigenvalue weighted by molar-refractivity contribution is -0.385. The molecule has 0 radical (unpaired) electrons. The van der Waals surface area contributed by atoms with Crippen LogP contribution in [0.15, 0.2) is 12.3 Å². The van der Waals surface area contributed by atoms with Crippen LogP contribution in [-0.4, -0.2) is 16.5 Å². The monoisotopic (exact) mass is 181 g/mol. The van der Waals surface area contributed by atoms with E-state index in [1.54, 1.807) is 6.92 Å². The fourth-order valence-electron chi connectivity index (χ4n) is 0.988. The molecule has 0 unspecified atom stereocenters. The molecule has 0 spiro atoms. The number of nitrogens with zero attached hydrogens (tertiary/aromatic N) is 2. The van der Waals surface area contributed by atoms with Crippen molar-refractivity contribution < 1.29 is 4.92 Å². The minimum absolute atomic E-state index is 0.103. The number of aryl methyl sites for hydroxylation is 1. The molecule has 1 heterocycles. The van der Waals surface area contributed by atoms with Gasteiger partial charge in [-0.2, -0.15) is 0 Å². The third kappa shape index (κ3) is 2.14. The molecule has 1 aromatic rings. The van der Waals surface area contributed by atoms with E-state index in [0.717, 1.165) is 0 Å². The molecule has 1 N–H and O–H groups in total. The summed E-state index contributed by atoms with van der Waals surface area (Å²) in [5.41, 5.74) is 0.678. The summed E-state index contributed by atoms with van der Waals surface area (Å²) in [7, 11) is 0. The number of rotatable bonds is 3. The number of nitrogens with one attached hydrogen (secondary N) is 1. The zero-order valence-corrected chi connectivity index (χ0v) is 7.57. The van der Waals surface area contributed by atoms with Gasteiger partial charge in [0.25, 0.3) is 5.69 Å². The highest BCUT2D eigenvalue weighted by molar-refractivity contribution is 5.48. The van der Waals surface area contributed by atoms with Crippen LogP contribution >= 0.6 is 0 Å². The zero-order valence-electron chi connectivity index (χ0n) is 7.57. The van der Waals surface area contributed by atoms with E-state index < -0.39 is 4.92 Å². The van der Waals surface area contributed by atoms with Gasteiger partial charge >= 0.3 is 0 Å². The van der Waals surface area contributed by atoms with E-state index in [-0.39, 0.29) is 5.69 Å². The van der Waals surface area contributed by atoms with Crippen molar-refractivity contribution in [3.05, 3.63) is 27.9 Å². The Bertz CT molecular complexity index is 325. The topological polar surface area (TPSA) is 68.1 Å². The van der Waals surface area contributed by atoms with Crippen molar-refractivity contribution >= 4 is 11.5 Å². The second kappa shape index (κ2) is 3.84. The van der Waals surface area contributed by atoms with Crippen molar-refractivity contribution in [2.45, 2.75) is 13.8 Å². The molecule has 0 saturated heterocycles. The predicted octanol–water partition coefficient (Wildman–Crippen LogP) is 1.73. The largest absolute Gasteiger partial charge is 0.370 e. The maximum atomic E-state index is 10.5. The summed E-state index contributed by atoms with van der Waals surface area (Å²) in [5.74, 6) is 0.541. The Morgan fingerprint density at radius 3 is 2.92 bits per heavy atom. The van der Waals surface area contributed by atoms with Gasteiger partial charge in [-0.05, 0) is 13.8 Å². The summed E-state index contributed by atoms with van der Waals surface area (Å²) >= 11 is 0. The predicted molar refractivity (Wildman–Crippen MR) is 49.8 cm³/mol. The van der Waals surface area contributed by atoms with Crippen molar-refractivity contribution in [1.82, 2.24) is 4.98 Å². The van der Waals surface area contributed by atoms with Gasteiger partial charge in [-0.1, -0.05) is 0 Å². The number of anilines is 1. The maximum absolute atomic E-state index is 10.5. The first-order valence-electron chi connectivity index (χ1n) is 4.00. The Labute approximate surface area is 75.9 Å². The van der Waals surface area contributed by atoms with Gasteiger partial charge in [-0.25, -0.2) is 4.98 Å². The van der Waals surface area contributed by atoms with Crippen LogP contribution in [-0.2, 0) is 0 Å². The van der Waals surface area contributed by atoms with Gasteiger partial charge in [-0.3, -0.25) is 10.1 Å². The van der Waals surface area contributed by atoms with E-state index in [9.17, 15) is 10.1 Å². The smallest absolute Gasteiger partial charge is 0.277 e. The van der Waals surface area contributed by atoms with Crippen molar-refractivity contribution in [3.63, 3.8) is 0 Å². The quantitative estimate of drug-likeness (QED) is 0.569. The average molecular weight is 181 g/mol. The van der Waals surface area contributed by atoms with Gasteiger partial charge in [0.15, 0.2) is 0 Å². The molecule has 70 valence electrons. The number of hydrogen-bond acceptors (Lipinski definition) is 4. The molecule has 0 bridgehead atoms. The van der Waals surface area contributed by atoms with E-state index in [0.29, 0.717) is 17.9 Å². The van der Waals surface area contributed by atoms with E-state index >= 15 is 0 Å². The number of nitro groups is 1. The van der Waals surface area contributed by atoms with Gasteiger partial charge in [0.1, 0.15) is 5.82 Å². The van der Waals surface area contributed by atoms with E-state index in [1.807, 2.05) is 6.92 Å². The highest BCUT2D eigenvalue weighted by Crippen LogP contribution is 2.19. The number of pyridine rings is 1. The summed E-state index contributed by atoms with van der Waals surface area (Å²) < 4.78 is 0. The van der Waals surface area contributed by atoms with Gasteiger partial charge in [-0.15, -0.1) is 0 Å². The molecule has 0 aliphatic rings. The molecule has 13 heavy (non-hydrogen) atoms. The van der Waals surface area contributed by atoms with Crippen LogP contribution in [0.25, 0.3) is 0 Å². The highest BCUT2D eigenvalue weighted by atomic mass is 16.6. The first kappa shape index (κ1) is 9.44. The van der Waals surface area contributed by atoms with Crippen LogP contribution in [0.5, 0.6) is 0 Å². The Hall–Kier alpha value is -1.65. The molecule has 0 fully saturated rings. The first-order chi connectivity index (χ1) is 6.15. The molecular formula is C8H11N3O2. The van der Waals surface area contributed by atoms with Crippen molar-refractivity contribution in [2.24, 2.45) is 0 Å². The van der Waals surface area contributed by atoms with Crippen molar-refractivity contribution in [3.8, 4) is 0 Å². The Kier molecular flexibility index (Phi) is 2.79. The summed E-state index contributed by atoms with van der Waals surface area (Å²) in [6, 6.07) is 1.44. The number of hydrogen-bond donors (Lipinski definition) is 1. The molecule has 0 atom stereocenters. The van der Waals surface area contributed by atoms with Gasteiger partial charge in [0.2, 0.25) is 0 Å². The molecule has 0 aliphatic carbocycles. The third-order valence-electron chi connectivity index (χ3n) is 1.63. The molecule has 0 aliphatic heterocycles. The fraction of sp³-hybridized carbons (Fsp3) is 0.375. The Morgan fingerprint density at radius 1 is 1.69 bits per heavy atom. The van der Waals surface area contributed by atoms with Crippen LogP contribution in [0, 0.1) is 17.0 Å². The van der Waals surface area contributed by atoms with E-state index in [4.69, 9.17) is 0 Å². The second-order valence-corrected chi connectivity index (χ2v) is 2.64. The normalized spacial score (nSPS) is 9.69. The SMILES string of the molecule is CCNc1cc([N+](=O)[O-])c(C)cn1. The minimum Gasteiger partial charge on any atom is -0.370 e. The van der Waals surface area contributed by atoms with Gasteiger partial charge in [0.05, 0.1) is 11.0 Å². The second-order valence-electron chi connectivity index (χ2n) is 2.64. The lowest BCUT2D eigenvalue weighted by Crippen LogP contribution is -2.01. The summed E-state index contributed by atoms with van der Waals surface area (Å²) in [6.45, 7) is 4.28. The van der Waals surface area contributed by atoms with Crippen LogP contribution in [0.3, 0.4) is 0 Å². The number of aromatic nitrogens is 1. The summed E-state index contributed by atoms with van der Waals surface area (Å²) in [6.07, 6.45) is 1.50. The zero-order chi connectivity index (χ0) is 9.84. The average Bonchev–Trinajstić information content (AvgIpc) is 2.08. The summed E-state index contributed by atoms with van der Waals surface area (Å²) in [4.78, 5) is 14.1. The van der Waals surface area contributed by atoms with Crippen molar-refractivity contribution in [1.29, 1.82) is 0 Å². The van der Waals surface area contributed by atoms with E-state index in [2.05, 4.69) is 10.3 Å². The molecular weight excluding hydrogens is 170 g/mol. The van der Waals surface area contributed by atoms with Crippen LogP contribution in [0.2, 0.25) is 0 Å². The molecule has 0 amide bonds. The molecule has 1 rings (SSSR count). The van der Waals surface area contributed by atoms with Crippen molar-refractivity contribution in [2.75, 3.05) is 11.9 Å². The molecule has 5 heteroatoms.